The van der Waals surface area contributed by atoms with Gasteiger partial charge in [0.15, 0.2) is 0 Å². The number of methoxy groups -OCH3 is 1. The summed E-state index contributed by atoms with van der Waals surface area (Å²) in [6, 6.07) is 3.54. The lowest BCUT2D eigenvalue weighted by molar-refractivity contribution is -0.119. The molecule has 0 saturated heterocycles. The predicted octanol–water partition coefficient (Wildman–Crippen LogP) is 1.55. The first kappa shape index (κ1) is 12.8. The van der Waals surface area contributed by atoms with E-state index in [9.17, 15) is 4.79 Å². The van der Waals surface area contributed by atoms with E-state index in [1.165, 1.54) is 13.5 Å². The van der Waals surface area contributed by atoms with E-state index < -0.39 is 0 Å². The first-order valence-corrected chi connectivity index (χ1v) is 6.18. The first-order valence-electron chi connectivity index (χ1n) is 6.18. The highest BCUT2D eigenvalue weighted by Crippen LogP contribution is 2.43. The Kier molecular flexibility index (Phi) is 3.81. The average molecular weight is 249 g/mol. The van der Waals surface area contributed by atoms with E-state index in [2.05, 4.69) is 10.3 Å². The van der Waals surface area contributed by atoms with Crippen LogP contribution in [0, 0.1) is 5.41 Å². The fourth-order valence-corrected chi connectivity index (χ4v) is 2.31. The van der Waals surface area contributed by atoms with Crippen molar-refractivity contribution in [2.75, 3.05) is 19.0 Å². The van der Waals surface area contributed by atoms with Gasteiger partial charge in [-0.05, 0) is 36.9 Å². The van der Waals surface area contributed by atoms with Crippen molar-refractivity contribution in [1.82, 2.24) is 4.98 Å². The molecule has 5 nitrogen and oxygen atoms in total. The van der Waals surface area contributed by atoms with Crippen LogP contribution in [0.25, 0.3) is 0 Å². The molecule has 0 radical (unpaired) electrons. The number of hydrogen-bond acceptors (Lipinski definition) is 4. The minimum absolute atomic E-state index is 0.0134. The highest BCUT2D eigenvalue weighted by atomic mass is 16.5. The van der Waals surface area contributed by atoms with Crippen LogP contribution in [-0.4, -0.2) is 24.5 Å². The van der Waals surface area contributed by atoms with Crippen molar-refractivity contribution in [2.24, 2.45) is 11.1 Å². The third-order valence-corrected chi connectivity index (χ3v) is 3.62. The molecule has 0 bridgehead atoms. The number of carbonyl (C=O) groups is 1. The van der Waals surface area contributed by atoms with E-state index in [-0.39, 0.29) is 11.3 Å². The fraction of sp³-hybridized carbons (Fsp3) is 0.538. The van der Waals surface area contributed by atoms with Crippen LogP contribution in [0.4, 0.5) is 5.69 Å². The van der Waals surface area contributed by atoms with Gasteiger partial charge in [-0.1, -0.05) is 6.42 Å². The minimum Gasteiger partial charge on any atom is -0.480 e. The van der Waals surface area contributed by atoms with Gasteiger partial charge in [0, 0.05) is 12.6 Å². The summed E-state index contributed by atoms with van der Waals surface area (Å²) in [5.41, 5.74) is 6.37. The van der Waals surface area contributed by atoms with Crippen molar-refractivity contribution < 1.29 is 9.53 Å². The number of nitrogens with one attached hydrogen (secondary N) is 1. The van der Waals surface area contributed by atoms with Crippen LogP contribution >= 0.6 is 0 Å². The molecule has 0 spiro atoms. The number of pyridine rings is 1. The van der Waals surface area contributed by atoms with Crippen molar-refractivity contribution >= 4 is 11.6 Å². The van der Waals surface area contributed by atoms with Gasteiger partial charge in [-0.25, -0.2) is 4.98 Å². The van der Waals surface area contributed by atoms with Crippen LogP contribution in [0.3, 0.4) is 0 Å². The average Bonchev–Trinajstić information content (AvgIpc) is 2.34. The van der Waals surface area contributed by atoms with Crippen molar-refractivity contribution in [3.05, 3.63) is 18.3 Å². The number of aromatic nitrogens is 1. The monoisotopic (exact) mass is 249 g/mol. The van der Waals surface area contributed by atoms with Crippen LogP contribution in [0.2, 0.25) is 0 Å². The Morgan fingerprint density at radius 2 is 2.39 bits per heavy atom. The zero-order valence-electron chi connectivity index (χ0n) is 10.6. The molecule has 0 aliphatic heterocycles. The van der Waals surface area contributed by atoms with Gasteiger partial charge in [0.2, 0.25) is 11.8 Å². The third-order valence-electron chi connectivity index (χ3n) is 3.62. The standard InChI is InChI=1S/C13H19N3O2/c1-18-12-10(4-2-7-15-12)16-11(17)8-13(9-14)5-3-6-13/h2,4,7H,3,5-6,8-9,14H2,1H3,(H,16,17). The van der Waals surface area contributed by atoms with Gasteiger partial charge in [-0.2, -0.15) is 0 Å². The molecule has 5 heteroatoms. The number of rotatable bonds is 5. The molecule has 1 fully saturated rings. The van der Waals surface area contributed by atoms with Crippen LogP contribution < -0.4 is 15.8 Å². The number of carbonyl (C=O) groups excluding carboxylic acids is 1. The Balaban J connectivity index is 1.98. The summed E-state index contributed by atoms with van der Waals surface area (Å²) in [4.78, 5) is 16.0. The second-order valence-corrected chi connectivity index (χ2v) is 4.84. The molecule has 0 unspecified atom stereocenters. The van der Waals surface area contributed by atoms with E-state index in [1.807, 2.05) is 0 Å². The quantitative estimate of drug-likeness (QED) is 0.830. The summed E-state index contributed by atoms with van der Waals surface area (Å²) in [7, 11) is 1.53. The molecule has 2 rings (SSSR count). The Hall–Kier alpha value is -1.62. The first-order chi connectivity index (χ1) is 8.69. The summed E-state index contributed by atoms with van der Waals surface area (Å²) in [5.74, 6) is 0.410. The molecule has 0 atom stereocenters. The van der Waals surface area contributed by atoms with E-state index in [1.54, 1.807) is 18.3 Å². The van der Waals surface area contributed by atoms with Crippen LogP contribution in [0.15, 0.2) is 18.3 Å². The molecule has 18 heavy (non-hydrogen) atoms. The molecule has 1 aromatic heterocycles. The second-order valence-electron chi connectivity index (χ2n) is 4.84. The number of ether oxygens (including phenoxy) is 1. The summed E-state index contributed by atoms with van der Waals surface area (Å²) in [5, 5.41) is 2.84. The van der Waals surface area contributed by atoms with Gasteiger partial charge in [0.05, 0.1) is 7.11 Å². The van der Waals surface area contributed by atoms with E-state index in [0.29, 0.717) is 24.5 Å². The molecule has 0 aromatic carbocycles. The molecule has 98 valence electrons. The Morgan fingerprint density at radius 1 is 1.61 bits per heavy atom. The summed E-state index contributed by atoms with van der Waals surface area (Å²) in [6.45, 7) is 0.574. The lowest BCUT2D eigenvalue weighted by Crippen LogP contribution is -2.40. The van der Waals surface area contributed by atoms with Crippen molar-refractivity contribution in [1.29, 1.82) is 0 Å². The lowest BCUT2D eigenvalue weighted by Gasteiger charge is -2.40. The molecule has 3 N–H and O–H groups in total. The van der Waals surface area contributed by atoms with E-state index >= 15 is 0 Å². The largest absolute Gasteiger partial charge is 0.480 e. The maximum atomic E-state index is 12.0. The SMILES string of the molecule is COc1ncccc1NC(=O)CC1(CN)CCC1. The maximum absolute atomic E-state index is 12.0. The molecule has 1 saturated carbocycles. The van der Waals surface area contributed by atoms with Gasteiger partial charge >= 0.3 is 0 Å². The van der Waals surface area contributed by atoms with Crippen molar-refractivity contribution in [3.8, 4) is 5.88 Å². The topological polar surface area (TPSA) is 77.2 Å². The predicted molar refractivity (Wildman–Crippen MR) is 69.4 cm³/mol. The molecule has 1 aromatic rings. The minimum atomic E-state index is -0.0218. The summed E-state index contributed by atoms with van der Waals surface area (Å²) in [6.07, 6.45) is 5.35. The van der Waals surface area contributed by atoms with E-state index in [0.717, 1.165) is 12.8 Å². The Morgan fingerprint density at radius 3 is 2.94 bits per heavy atom. The maximum Gasteiger partial charge on any atom is 0.237 e. The van der Waals surface area contributed by atoms with Crippen molar-refractivity contribution in [3.63, 3.8) is 0 Å². The number of hydrogen-bond donors (Lipinski definition) is 2. The van der Waals surface area contributed by atoms with Crippen LogP contribution in [0.1, 0.15) is 25.7 Å². The van der Waals surface area contributed by atoms with Gasteiger partial charge in [0.1, 0.15) is 5.69 Å². The third kappa shape index (κ3) is 2.61. The van der Waals surface area contributed by atoms with Gasteiger partial charge in [-0.15, -0.1) is 0 Å². The van der Waals surface area contributed by atoms with E-state index in [4.69, 9.17) is 10.5 Å². The van der Waals surface area contributed by atoms with Crippen LogP contribution in [-0.2, 0) is 4.79 Å². The smallest absolute Gasteiger partial charge is 0.237 e. The Bertz CT molecular complexity index is 424. The molecular weight excluding hydrogens is 230 g/mol. The van der Waals surface area contributed by atoms with Gasteiger partial charge in [0.25, 0.3) is 0 Å². The molecule has 1 heterocycles. The fourth-order valence-electron chi connectivity index (χ4n) is 2.31. The van der Waals surface area contributed by atoms with Gasteiger partial charge in [-0.3, -0.25) is 4.79 Å². The lowest BCUT2D eigenvalue weighted by atomic mass is 9.66. The number of anilines is 1. The summed E-state index contributed by atoms with van der Waals surface area (Å²) < 4.78 is 5.09. The highest BCUT2D eigenvalue weighted by Gasteiger charge is 2.37. The summed E-state index contributed by atoms with van der Waals surface area (Å²) >= 11 is 0. The normalized spacial score (nSPS) is 16.8. The molecule has 1 aliphatic rings. The second kappa shape index (κ2) is 5.35. The zero-order valence-corrected chi connectivity index (χ0v) is 10.6. The van der Waals surface area contributed by atoms with Gasteiger partial charge < -0.3 is 15.8 Å². The molecule has 1 amide bonds. The van der Waals surface area contributed by atoms with Crippen LogP contribution in [0.5, 0.6) is 5.88 Å². The number of nitrogens with two attached hydrogens (primary N) is 1. The highest BCUT2D eigenvalue weighted by molar-refractivity contribution is 5.92. The Labute approximate surface area is 107 Å². The number of nitrogens with zero attached hydrogens (tertiary/aromatic N) is 1. The molecule has 1 aliphatic carbocycles. The zero-order chi connectivity index (χ0) is 13.0. The molecular formula is C13H19N3O2. The van der Waals surface area contributed by atoms with Crippen molar-refractivity contribution in [2.45, 2.75) is 25.7 Å². The number of amides is 1.